The second kappa shape index (κ2) is 6.36. The zero-order chi connectivity index (χ0) is 18.3. The molecule has 0 atom stereocenters. The molecule has 0 N–H and O–H groups in total. The Morgan fingerprint density at radius 1 is 1.19 bits per heavy atom. The maximum absolute atomic E-state index is 13.0. The quantitative estimate of drug-likeness (QED) is 0.717. The van der Waals surface area contributed by atoms with Gasteiger partial charge in [-0.15, -0.1) is 0 Å². The fourth-order valence-corrected chi connectivity index (χ4v) is 3.00. The van der Waals surface area contributed by atoms with E-state index in [1.54, 1.807) is 30.3 Å². The summed E-state index contributed by atoms with van der Waals surface area (Å²) in [6, 6.07) is 5.94. The van der Waals surface area contributed by atoms with E-state index in [0.717, 1.165) is 16.6 Å². The highest BCUT2D eigenvalue weighted by molar-refractivity contribution is 5.87. The normalized spacial score (nSPS) is 13.8. The number of carbonyl (C=O) groups excluding carboxylic acids is 1. The lowest BCUT2D eigenvalue weighted by atomic mass is 10.1. The van der Waals surface area contributed by atoms with Crippen molar-refractivity contribution in [1.29, 1.82) is 0 Å². The fourth-order valence-electron chi connectivity index (χ4n) is 3.00. The molecule has 8 heteroatoms. The molecule has 1 saturated heterocycles. The molecule has 1 fully saturated rings. The number of hydrogen-bond donors (Lipinski definition) is 0. The first-order valence-electron chi connectivity index (χ1n) is 8.51. The van der Waals surface area contributed by atoms with Crippen molar-refractivity contribution in [1.82, 2.24) is 24.0 Å². The molecule has 2 aromatic heterocycles. The number of amides is 1. The third-order valence-corrected chi connectivity index (χ3v) is 4.72. The van der Waals surface area contributed by atoms with Crippen LogP contribution in [0.25, 0.3) is 11.2 Å². The summed E-state index contributed by atoms with van der Waals surface area (Å²) in [5.74, 6) is 0.266. The molecule has 0 aliphatic carbocycles. The van der Waals surface area contributed by atoms with Crippen molar-refractivity contribution in [3.05, 3.63) is 58.2 Å². The van der Waals surface area contributed by atoms with Crippen molar-refractivity contribution in [2.75, 3.05) is 13.1 Å². The lowest BCUT2D eigenvalue weighted by Crippen LogP contribution is -2.47. The topological polar surface area (TPSA) is 73.0 Å². The average molecular weight is 355 g/mol. The van der Waals surface area contributed by atoms with E-state index < -0.39 is 5.69 Å². The number of aromatic nitrogens is 4. The minimum atomic E-state index is -0.415. The van der Waals surface area contributed by atoms with Crippen LogP contribution in [0, 0.1) is 5.82 Å². The summed E-state index contributed by atoms with van der Waals surface area (Å²) in [5.41, 5.74) is 1.41. The lowest BCUT2D eigenvalue weighted by Gasteiger charge is -2.30. The Balaban J connectivity index is 1.66. The molecule has 7 nitrogen and oxygen atoms in total. The monoisotopic (exact) mass is 355 g/mol. The third kappa shape index (κ3) is 2.77. The van der Waals surface area contributed by atoms with Crippen molar-refractivity contribution < 1.29 is 9.18 Å². The Labute approximate surface area is 148 Å². The van der Waals surface area contributed by atoms with Crippen LogP contribution in [0.5, 0.6) is 0 Å². The molecular weight excluding hydrogens is 337 g/mol. The summed E-state index contributed by atoms with van der Waals surface area (Å²) in [6.45, 7) is 1.31. The average Bonchev–Trinajstić information content (AvgIpc) is 2.83. The highest BCUT2D eigenvalue weighted by Crippen LogP contribution is 2.14. The van der Waals surface area contributed by atoms with Crippen LogP contribution in [0.15, 0.2) is 35.3 Å². The molecule has 0 saturated carbocycles. The Kier molecular flexibility index (Phi) is 4.02. The number of likely N-dealkylation sites (tertiary alicyclic amines) is 1. The molecule has 0 unspecified atom stereocenters. The number of benzene rings is 1. The van der Waals surface area contributed by atoms with Gasteiger partial charge in [-0.2, -0.15) is 4.57 Å². The van der Waals surface area contributed by atoms with E-state index in [-0.39, 0.29) is 11.8 Å². The van der Waals surface area contributed by atoms with Crippen LogP contribution in [0.3, 0.4) is 0 Å². The molecule has 134 valence electrons. The minimum Gasteiger partial charge on any atom is -0.324 e. The Morgan fingerprint density at radius 3 is 2.58 bits per heavy atom. The lowest BCUT2D eigenvalue weighted by molar-refractivity contribution is 0.169. The van der Waals surface area contributed by atoms with Crippen molar-refractivity contribution in [3.8, 4) is 0 Å². The van der Waals surface area contributed by atoms with E-state index in [4.69, 9.17) is 0 Å². The number of carbonyl (C=O) groups is 1. The highest BCUT2D eigenvalue weighted by atomic mass is 19.1. The summed E-state index contributed by atoms with van der Waals surface area (Å²) in [4.78, 5) is 35.4. The molecular formula is C18H18FN5O2. The van der Waals surface area contributed by atoms with Crippen molar-refractivity contribution in [2.45, 2.75) is 19.3 Å². The maximum atomic E-state index is 13.0. The molecule has 1 aromatic carbocycles. The van der Waals surface area contributed by atoms with Crippen LogP contribution < -0.4 is 5.69 Å². The van der Waals surface area contributed by atoms with Crippen LogP contribution in [-0.4, -0.2) is 43.1 Å². The summed E-state index contributed by atoms with van der Waals surface area (Å²) < 4.78 is 15.5. The summed E-state index contributed by atoms with van der Waals surface area (Å²) >= 11 is 0. The van der Waals surface area contributed by atoms with E-state index in [1.807, 2.05) is 0 Å². The molecule has 1 amide bonds. The van der Waals surface area contributed by atoms with Gasteiger partial charge in [0.1, 0.15) is 17.2 Å². The summed E-state index contributed by atoms with van der Waals surface area (Å²) in [7, 11) is 1.60. The third-order valence-electron chi connectivity index (χ3n) is 4.72. The molecule has 1 aliphatic heterocycles. The Bertz CT molecular complexity index is 1030. The van der Waals surface area contributed by atoms with Gasteiger partial charge in [0.25, 0.3) is 0 Å². The zero-order valence-electron chi connectivity index (χ0n) is 14.4. The van der Waals surface area contributed by atoms with E-state index in [2.05, 4.69) is 9.97 Å². The Morgan fingerprint density at radius 2 is 1.92 bits per heavy atom. The van der Waals surface area contributed by atoms with Gasteiger partial charge in [0.05, 0.1) is 6.20 Å². The van der Waals surface area contributed by atoms with E-state index in [1.165, 1.54) is 16.7 Å². The van der Waals surface area contributed by atoms with Crippen LogP contribution in [0.1, 0.15) is 17.8 Å². The molecule has 4 rings (SSSR count). The van der Waals surface area contributed by atoms with Gasteiger partial charge in [0, 0.05) is 26.6 Å². The minimum absolute atomic E-state index is 0.274. The number of hydrogen-bond acceptors (Lipinski definition) is 4. The van der Waals surface area contributed by atoms with Crippen LogP contribution >= 0.6 is 0 Å². The number of aryl methyl sites for hydroxylation is 3. The van der Waals surface area contributed by atoms with Gasteiger partial charge in [-0.3, -0.25) is 4.57 Å². The first kappa shape index (κ1) is 16.4. The standard InChI is InChI=1S/C18H18FN5O2/c1-22-14-11-20-15(8-5-12-3-6-13(19)7-4-12)21-16(14)24(17(22)25)18(26)23-9-2-10-23/h3-4,6-7,11H,2,5,8-10H2,1H3. The first-order chi connectivity index (χ1) is 12.5. The number of halogens is 1. The van der Waals surface area contributed by atoms with Gasteiger partial charge in [-0.05, 0) is 30.5 Å². The molecule has 3 heterocycles. The van der Waals surface area contributed by atoms with Crippen LogP contribution in [0.2, 0.25) is 0 Å². The SMILES string of the molecule is Cn1c(=O)n(C(=O)N2CCC2)c2nc(CCc3ccc(F)cc3)ncc21. The second-order valence-corrected chi connectivity index (χ2v) is 6.42. The molecule has 3 aromatic rings. The predicted octanol–water partition coefficient (Wildman–Crippen LogP) is 1.73. The van der Waals surface area contributed by atoms with Gasteiger partial charge >= 0.3 is 11.7 Å². The Hall–Kier alpha value is -3.03. The predicted molar refractivity (Wildman–Crippen MR) is 93.6 cm³/mol. The molecule has 0 radical (unpaired) electrons. The number of nitrogens with zero attached hydrogens (tertiary/aromatic N) is 5. The fraction of sp³-hybridized carbons (Fsp3) is 0.333. The largest absolute Gasteiger partial charge is 0.338 e. The second-order valence-electron chi connectivity index (χ2n) is 6.42. The van der Waals surface area contributed by atoms with Crippen LogP contribution in [-0.2, 0) is 19.9 Å². The van der Waals surface area contributed by atoms with E-state index in [9.17, 15) is 14.0 Å². The van der Waals surface area contributed by atoms with E-state index in [0.29, 0.717) is 42.9 Å². The van der Waals surface area contributed by atoms with Crippen LogP contribution in [0.4, 0.5) is 9.18 Å². The molecule has 26 heavy (non-hydrogen) atoms. The zero-order valence-corrected chi connectivity index (χ0v) is 14.4. The number of fused-ring (bicyclic) bond motifs is 1. The van der Waals surface area contributed by atoms with E-state index >= 15 is 0 Å². The molecule has 1 aliphatic rings. The molecule has 0 bridgehead atoms. The van der Waals surface area contributed by atoms with Gasteiger partial charge in [-0.25, -0.2) is 23.9 Å². The smallest absolute Gasteiger partial charge is 0.324 e. The van der Waals surface area contributed by atoms with Crippen molar-refractivity contribution in [3.63, 3.8) is 0 Å². The van der Waals surface area contributed by atoms with Crippen molar-refractivity contribution >= 4 is 17.2 Å². The first-order valence-corrected chi connectivity index (χ1v) is 8.51. The van der Waals surface area contributed by atoms with Gasteiger partial charge in [0.15, 0.2) is 5.65 Å². The summed E-state index contributed by atoms with van der Waals surface area (Å²) in [6.07, 6.45) is 3.69. The number of rotatable bonds is 3. The highest BCUT2D eigenvalue weighted by Gasteiger charge is 2.27. The van der Waals surface area contributed by atoms with Gasteiger partial charge < -0.3 is 4.90 Å². The van der Waals surface area contributed by atoms with Gasteiger partial charge in [0.2, 0.25) is 0 Å². The maximum Gasteiger partial charge on any atom is 0.338 e. The van der Waals surface area contributed by atoms with Gasteiger partial charge in [-0.1, -0.05) is 12.1 Å². The summed E-state index contributed by atoms with van der Waals surface area (Å²) in [5, 5.41) is 0. The van der Waals surface area contributed by atoms with Crippen molar-refractivity contribution in [2.24, 2.45) is 7.05 Å². The number of imidazole rings is 1. The molecule has 0 spiro atoms.